The molecule has 0 aromatic carbocycles. The summed E-state index contributed by atoms with van der Waals surface area (Å²) in [7, 11) is 0. The molecule has 0 saturated carbocycles. The smallest absolute Gasteiger partial charge is 0.241 e. The number of amides is 1. The first-order valence-electron chi connectivity index (χ1n) is 5.72. The Hall–Kier alpha value is -0.840. The number of nitrogens with one attached hydrogen (secondary N) is 2. The molecule has 1 aliphatic heterocycles. The van der Waals surface area contributed by atoms with Gasteiger partial charge in [-0.2, -0.15) is 0 Å². The highest BCUT2D eigenvalue weighted by atomic mass is 35.5. The summed E-state index contributed by atoms with van der Waals surface area (Å²) in [6.07, 6.45) is 6.62. The summed E-state index contributed by atoms with van der Waals surface area (Å²) in [5.41, 5.74) is 1.85. The molecule has 2 heterocycles. The fraction of sp³-hybridized carbons (Fsp3) is 0.500. The summed E-state index contributed by atoms with van der Waals surface area (Å²) < 4.78 is 0. The van der Waals surface area contributed by atoms with Crippen LogP contribution >= 0.6 is 24.8 Å². The Balaban J connectivity index is 0.00000144. The molecule has 1 aromatic rings. The molecule has 1 aliphatic rings. The molecule has 2 N–H and O–H groups in total. The van der Waals surface area contributed by atoms with Crippen LogP contribution in [-0.4, -0.2) is 23.5 Å². The molecular formula is C12H19Cl2N3O. The van der Waals surface area contributed by atoms with Gasteiger partial charge in [-0.05, 0) is 37.9 Å². The largest absolute Gasteiger partial charge is 0.323 e. The normalized spacial score (nSPS) is 18.2. The van der Waals surface area contributed by atoms with Crippen LogP contribution < -0.4 is 10.6 Å². The maximum atomic E-state index is 11.9. The lowest BCUT2D eigenvalue weighted by atomic mass is 10.0. The molecule has 6 heteroatoms. The van der Waals surface area contributed by atoms with E-state index in [1.54, 1.807) is 12.4 Å². The van der Waals surface area contributed by atoms with Crippen molar-refractivity contribution in [1.82, 2.24) is 10.3 Å². The minimum Gasteiger partial charge on any atom is -0.323 e. The second-order valence-electron chi connectivity index (χ2n) is 4.18. The Morgan fingerprint density at radius 1 is 1.44 bits per heavy atom. The molecule has 0 spiro atoms. The van der Waals surface area contributed by atoms with Gasteiger partial charge < -0.3 is 10.6 Å². The molecule has 1 saturated heterocycles. The lowest BCUT2D eigenvalue weighted by Gasteiger charge is -2.22. The van der Waals surface area contributed by atoms with Gasteiger partial charge in [-0.3, -0.25) is 9.78 Å². The summed E-state index contributed by atoms with van der Waals surface area (Å²) in [6, 6.07) is 1.84. The van der Waals surface area contributed by atoms with Crippen molar-refractivity contribution in [1.29, 1.82) is 0 Å². The van der Waals surface area contributed by atoms with E-state index in [0.717, 1.165) is 37.1 Å². The zero-order valence-electron chi connectivity index (χ0n) is 10.3. The summed E-state index contributed by atoms with van der Waals surface area (Å²) in [5.74, 6) is 0.0517. The Morgan fingerprint density at radius 3 is 2.83 bits per heavy atom. The molecular weight excluding hydrogens is 273 g/mol. The minimum absolute atomic E-state index is 0. The number of piperidine rings is 1. The molecule has 0 unspecified atom stereocenters. The number of aromatic nitrogens is 1. The molecule has 102 valence electrons. The summed E-state index contributed by atoms with van der Waals surface area (Å²) in [5, 5.41) is 6.14. The van der Waals surface area contributed by atoms with Gasteiger partial charge in [-0.15, -0.1) is 24.8 Å². The zero-order chi connectivity index (χ0) is 11.4. The number of nitrogens with zero attached hydrogens (tertiary/aromatic N) is 1. The molecule has 18 heavy (non-hydrogen) atoms. The number of aryl methyl sites for hydroxylation is 1. The Labute approximate surface area is 120 Å². The summed E-state index contributed by atoms with van der Waals surface area (Å²) in [6.45, 7) is 2.90. The Kier molecular flexibility index (Phi) is 7.91. The number of carbonyl (C=O) groups excluding carboxylic acids is 1. The molecule has 4 nitrogen and oxygen atoms in total. The van der Waals surface area contributed by atoms with E-state index in [1.165, 1.54) is 0 Å². The van der Waals surface area contributed by atoms with E-state index >= 15 is 0 Å². The van der Waals surface area contributed by atoms with Crippen molar-refractivity contribution in [3.8, 4) is 0 Å². The molecule has 1 atom stereocenters. The van der Waals surface area contributed by atoms with Crippen molar-refractivity contribution >= 4 is 36.4 Å². The summed E-state index contributed by atoms with van der Waals surface area (Å²) in [4.78, 5) is 15.9. The number of pyridine rings is 1. The van der Waals surface area contributed by atoms with Crippen LogP contribution in [0, 0.1) is 6.92 Å². The van der Waals surface area contributed by atoms with Gasteiger partial charge in [0, 0.05) is 6.20 Å². The number of hydrogen-bond acceptors (Lipinski definition) is 3. The SMILES string of the molecule is Cc1ccncc1NC(=O)[C@@H]1CCCCN1.Cl.Cl. The van der Waals surface area contributed by atoms with Crippen LogP contribution in [0.1, 0.15) is 24.8 Å². The van der Waals surface area contributed by atoms with Crippen LogP contribution in [0.15, 0.2) is 18.5 Å². The Morgan fingerprint density at radius 2 is 2.22 bits per heavy atom. The van der Waals surface area contributed by atoms with E-state index in [9.17, 15) is 4.79 Å². The fourth-order valence-corrected chi connectivity index (χ4v) is 1.89. The predicted molar refractivity (Wildman–Crippen MR) is 77.7 cm³/mol. The second kappa shape index (κ2) is 8.29. The monoisotopic (exact) mass is 291 g/mol. The van der Waals surface area contributed by atoms with Crippen molar-refractivity contribution in [2.75, 3.05) is 11.9 Å². The van der Waals surface area contributed by atoms with Crippen LogP contribution in [0.3, 0.4) is 0 Å². The molecule has 0 radical (unpaired) electrons. The van der Waals surface area contributed by atoms with Crippen molar-refractivity contribution in [3.63, 3.8) is 0 Å². The molecule has 2 rings (SSSR count). The van der Waals surface area contributed by atoms with Crippen molar-refractivity contribution < 1.29 is 4.79 Å². The number of carbonyl (C=O) groups is 1. The molecule has 1 aromatic heterocycles. The van der Waals surface area contributed by atoms with Gasteiger partial charge in [-0.25, -0.2) is 0 Å². The van der Waals surface area contributed by atoms with Crippen LogP contribution in [0.25, 0.3) is 0 Å². The number of halogens is 2. The topological polar surface area (TPSA) is 54.0 Å². The molecule has 0 aliphatic carbocycles. The average molecular weight is 292 g/mol. The molecule has 1 fully saturated rings. The van der Waals surface area contributed by atoms with Crippen molar-refractivity contribution in [2.45, 2.75) is 32.2 Å². The fourth-order valence-electron chi connectivity index (χ4n) is 1.89. The highest BCUT2D eigenvalue weighted by Gasteiger charge is 2.20. The number of anilines is 1. The van der Waals surface area contributed by atoms with Gasteiger partial charge >= 0.3 is 0 Å². The number of rotatable bonds is 2. The molecule has 1 amide bonds. The predicted octanol–water partition coefficient (Wildman–Crippen LogP) is 2.31. The maximum Gasteiger partial charge on any atom is 0.241 e. The van der Waals surface area contributed by atoms with Gasteiger partial charge in [0.2, 0.25) is 5.91 Å². The van der Waals surface area contributed by atoms with E-state index < -0.39 is 0 Å². The number of hydrogen-bond donors (Lipinski definition) is 2. The third-order valence-corrected chi connectivity index (χ3v) is 2.92. The van der Waals surface area contributed by atoms with E-state index in [1.807, 2.05) is 13.0 Å². The first kappa shape index (κ1) is 17.2. The third kappa shape index (κ3) is 4.44. The zero-order valence-corrected chi connectivity index (χ0v) is 11.9. The van der Waals surface area contributed by atoms with E-state index in [-0.39, 0.29) is 36.8 Å². The van der Waals surface area contributed by atoms with Crippen molar-refractivity contribution in [3.05, 3.63) is 24.0 Å². The highest BCUT2D eigenvalue weighted by Crippen LogP contribution is 2.14. The summed E-state index contributed by atoms with van der Waals surface area (Å²) >= 11 is 0. The first-order valence-corrected chi connectivity index (χ1v) is 5.72. The van der Waals surface area contributed by atoms with Crippen LogP contribution in [0.5, 0.6) is 0 Å². The molecule has 0 bridgehead atoms. The second-order valence-corrected chi connectivity index (χ2v) is 4.18. The van der Waals surface area contributed by atoms with E-state index in [0.29, 0.717) is 0 Å². The van der Waals surface area contributed by atoms with Crippen LogP contribution in [-0.2, 0) is 4.79 Å². The third-order valence-electron chi connectivity index (χ3n) is 2.92. The van der Waals surface area contributed by atoms with Gasteiger partial charge in [0.1, 0.15) is 0 Å². The van der Waals surface area contributed by atoms with Gasteiger partial charge in [-0.1, -0.05) is 6.42 Å². The Bertz CT molecular complexity index is 381. The quantitative estimate of drug-likeness (QED) is 0.879. The van der Waals surface area contributed by atoms with E-state index in [4.69, 9.17) is 0 Å². The minimum atomic E-state index is -0.0478. The lowest BCUT2D eigenvalue weighted by molar-refractivity contribution is -0.118. The van der Waals surface area contributed by atoms with Gasteiger partial charge in [0.25, 0.3) is 0 Å². The highest BCUT2D eigenvalue weighted by molar-refractivity contribution is 5.95. The lowest BCUT2D eigenvalue weighted by Crippen LogP contribution is -2.43. The van der Waals surface area contributed by atoms with Crippen LogP contribution in [0.2, 0.25) is 0 Å². The maximum absolute atomic E-state index is 11.9. The first-order chi connectivity index (χ1) is 7.77. The van der Waals surface area contributed by atoms with Gasteiger partial charge in [0.15, 0.2) is 0 Å². The average Bonchev–Trinajstić information content (AvgIpc) is 2.33. The van der Waals surface area contributed by atoms with Crippen molar-refractivity contribution in [2.24, 2.45) is 0 Å². The van der Waals surface area contributed by atoms with Gasteiger partial charge in [0.05, 0.1) is 17.9 Å². The van der Waals surface area contributed by atoms with Crippen LogP contribution in [0.4, 0.5) is 5.69 Å². The standard InChI is InChI=1S/C12H17N3O.2ClH/c1-9-5-7-13-8-11(9)15-12(16)10-4-2-3-6-14-10;;/h5,7-8,10,14H,2-4,6H2,1H3,(H,15,16);2*1H/t10-;;/m0../s1. The van der Waals surface area contributed by atoms with E-state index in [2.05, 4.69) is 15.6 Å².